The molecule has 2 atom stereocenters. The molecule has 0 radical (unpaired) electrons. The number of rotatable bonds is 1. The monoisotopic (exact) mass is 188 g/mol. The summed E-state index contributed by atoms with van der Waals surface area (Å²) in [5.74, 6) is -0.614. The van der Waals surface area contributed by atoms with Crippen LogP contribution in [0.15, 0.2) is 22.8 Å². The smallest absolute Gasteiger partial charge is 0.205 e. The third-order valence-electron chi connectivity index (χ3n) is 1.70. The summed E-state index contributed by atoms with van der Waals surface area (Å²) in [5.41, 5.74) is 0.289. The predicted molar refractivity (Wildman–Crippen MR) is 44.7 cm³/mol. The molecular formula is C8H9ClO3. The fraction of sp³-hybridized carbons (Fsp3) is 0.375. The molecule has 0 aromatic rings. The lowest BCUT2D eigenvalue weighted by Crippen LogP contribution is -2.27. The summed E-state index contributed by atoms with van der Waals surface area (Å²) in [7, 11) is 0. The molecule has 2 N–H and O–H groups in total. The first-order chi connectivity index (χ1) is 5.59. The molecule has 4 heteroatoms. The molecule has 0 aromatic heterocycles. The molecule has 12 heavy (non-hydrogen) atoms. The van der Waals surface area contributed by atoms with Gasteiger partial charge in [0.1, 0.15) is 12.2 Å². The van der Waals surface area contributed by atoms with Crippen molar-refractivity contribution in [1.82, 2.24) is 0 Å². The summed E-state index contributed by atoms with van der Waals surface area (Å²) in [6.07, 6.45) is 0.581. The SMILES string of the molecule is C/C=C/C1=C(Cl)C(=O)[C@@H](O)[C@@H]1O. The maximum Gasteiger partial charge on any atom is 0.205 e. The van der Waals surface area contributed by atoms with Crippen molar-refractivity contribution in [2.75, 3.05) is 0 Å². The zero-order valence-corrected chi connectivity index (χ0v) is 7.25. The summed E-state index contributed by atoms with van der Waals surface area (Å²) in [6, 6.07) is 0. The molecule has 0 heterocycles. The van der Waals surface area contributed by atoms with Gasteiger partial charge in [0.25, 0.3) is 0 Å². The number of aliphatic hydroxyl groups is 2. The van der Waals surface area contributed by atoms with E-state index >= 15 is 0 Å². The molecule has 0 bridgehead atoms. The Hall–Kier alpha value is -0.640. The van der Waals surface area contributed by atoms with Crippen LogP contribution in [0.4, 0.5) is 0 Å². The molecule has 3 nitrogen and oxygen atoms in total. The molecular weight excluding hydrogens is 180 g/mol. The van der Waals surface area contributed by atoms with Gasteiger partial charge in [0.2, 0.25) is 5.78 Å². The van der Waals surface area contributed by atoms with Crippen LogP contribution < -0.4 is 0 Å². The second kappa shape index (κ2) is 3.39. The van der Waals surface area contributed by atoms with Crippen molar-refractivity contribution < 1.29 is 15.0 Å². The predicted octanol–water partition coefficient (Wildman–Crippen LogP) is 0.360. The van der Waals surface area contributed by atoms with Gasteiger partial charge in [-0.05, 0) is 6.92 Å². The van der Waals surface area contributed by atoms with Crippen molar-refractivity contribution in [1.29, 1.82) is 0 Å². The normalized spacial score (nSPS) is 30.8. The van der Waals surface area contributed by atoms with Crippen LogP contribution in [0.5, 0.6) is 0 Å². The largest absolute Gasteiger partial charge is 0.385 e. The van der Waals surface area contributed by atoms with Gasteiger partial charge < -0.3 is 10.2 Å². The minimum Gasteiger partial charge on any atom is -0.385 e. The van der Waals surface area contributed by atoms with Crippen LogP contribution in [-0.4, -0.2) is 28.2 Å². The Labute approximate surface area is 75.0 Å². The van der Waals surface area contributed by atoms with Crippen molar-refractivity contribution in [3.05, 3.63) is 22.8 Å². The van der Waals surface area contributed by atoms with E-state index < -0.39 is 18.0 Å². The van der Waals surface area contributed by atoms with Crippen molar-refractivity contribution >= 4 is 17.4 Å². The first-order valence-corrected chi connectivity index (χ1v) is 3.90. The van der Waals surface area contributed by atoms with Crippen LogP contribution in [0.25, 0.3) is 0 Å². The molecule has 0 saturated heterocycles. The maximum atomic E-state index is 11.0. The summed E-state index contributed by atoms with van der Waals surface area (Å²) in [6.45, 7) is 1.74. The van der Waals surface area contributed by atoms with Crippen molar-refractivity contribution in [3.8, 4) is 0 Å². The summed E-state index contributed by atoms with van der Waals surface area (Å²) < 4.78 is 0. The minimum atomic E-state index is -1.40. The summed E-state index contributed by atoms with van der Waals surface area (Å²) in [4.78, 5) is 11.0. The standard InChI is InChI=1S/C8H9ClO3/c1-2-3-4-5(9)7(11)8(12)6(4)10/h2-3,6,8,10,12H,1H3/b3-2+/t6-,8+/m1/s1. The Morgan fingerprint density at radius 2 is 2.00 bits per heavy atom. The lowest BCUT2D eigenvalue weighted by molar-refractivity contribution is -0.124. The average molecular weight is 189 g/mol. The highest BCUT2D eigenvalue weighted by Crippen LogP contribution is 2.27. The highest BCUT2D eigenvalue weighted by atomic mass is 35.5. The van der Waals surface area contributed by atoms with Gasteiger partial charge >= 0.3 is 0 Å². The number of carbonyl (C=O) groups is 1. The van der Waals surface area contributed by atoms with Crippen LogP contribution in [0.3, 0.4) is 0 Å². The average Bonchev–Trinajstić information content (AvgIpc) is 2.23. The van der Waals surface area contributed by atoms with Gasteiger partial charge in [-0.1, -0.05) is 23.8 Å². The van der Waals surface area contributed by atoms with Crippen LogP contribution in [-0.2, 0) is 4.79 Å². The highest BCUT2D eigenvalue weighted by molar-refractivity contribution is 6.44. The molecule has 1 aliphatic carbocycles. The molecule has 66 valence electrons. The summed E-state index contributed by atoms with van der Waals surface area (Å²) >= 11 is 5.56. The van der Waals surface area contributed by atoms with E-state index in [1.165, 1.54) is 6.08 Å². The van der Waals surface area contributed by atoms with E-state index in [1.807, 2.05) is 0 Å². The van der Waals surface area contributed by atoms with Crippen molar-refractivity contribution in [2.24, 2.45) is 0 Å². The van der Waals surface area contributed by atoms with E-state index in [4.69, 9.17) is 16.7 Å². The molecule has 1 rings (SSSR count). The van der Waals surface area contributed by atoms with Crippen LogP contribution >= 0.6 is 11.6 Å². The molecule has 0 spiro atoms. The molecule has 0 unspecified atom stereocenters. The van der Waals surface area contributed by atoms with Crippen LogP contribution in [0, 0.1) is 0 Å². The van der Waals surface area contributed by atoms with E-state index in [1.54, 1.807) is 13.0 Å². The van der Waals surface area contributed by atoms with Crippen LogP contribution in [0.2, 0.25) is 0 Å². The quantitative estimate of drug-likeness (QED) is 0.625. The van der Waals surface area contributed by atoms with Gasteiger partial charge in [0.15, 0.2) is 0 Å². The fourth-order valence-electron chi connectivity index (χ4n) is 1.07. The third kappa shape index (κ3) is 1.31. The Kier molecular flexibility index (Phi) is 2.67. The Bertz CT molecular complexity index is 267. The topological polar surface area (TPSA) is 57.5 Å². The number of allylic oxidation sites excluding steroid dienone is 1. The van der Waals surface area contributed by atoms with E-state index in [-0.39, 0.29) is 10.6 Å². The lowest BCUT2D eigenvalue weighted by atomic mass is 10.1. The Morgan fingerprint density at radius 3 is 2.33 bits per heavy atom. The van der Waals surface area contributed by atoms with E-state index in [0.29, 0.717) is 0 Å². The van der Waals surface area contributed by atoms with Gasteiger partial charge in [-0.25, -0.2) is 0 Å². The second-order valence-electron chi connectivity index (χ2n) is 2.52. The first-order valence-electron chi connectivity index (χ1n) is 3.52. The molecule has 0 saturated carbocycles. The molecule has 1 aliphatic rings. The van der Waals surface area contributed by atoms with Gasteiger partial charge in [-0.3, -0.25) is 4.79 Å². The number of hydrogen-bond acceptors (Lipinski definition) is 3. The maximum absolute atomic E-state index is 11.0. The first kappa shape index (κ1) is 9.45. The van der Waals surface area contributed by atoms with E-state index in [0.717, 1.165) is 0 Å². The second-order valence-corrected chi connectivity index (χ2v) is 2.90. The number of Topliss-reactive ketones (excluding diaryl/α,β-unsaturated/α-hetero) is 1. The molecule has 0 aromatic carbocycles. The van der Waals surface area contributed by atoms with Crippen LogP contribution in [0.1, 0.15) is 6.92 Å². The highest BCUT2D eigenvalue weighted by Gasteiger charge is 2.37. The number of ketones is 1. The zero-order valence-electron chi connectivity index (χ0n) is 6.49. The van der Waals surface area contributed by atoms with Gasteiger partial charge in [-0.2, -0.15) is 0 Å². The fourth-order valence-corrected chi connectivity index (χ4v) is 1.35. The number of hydrogen-bond donors (Lipinski definition) is 2. The summed E-state index contributed by atoms with van der Waals surface area (Å²) in [5, 5.41) is 18.3. The lowest BCUT2D eigenvalue weighted by Gasteiger charge is -2.06. The molecule has 0 fully saturated rings. The Balaban J connectivity index is 3.04. The van der Waals surface area contributed by atoms with Gasteiger partial charge in [0, 0.05) is 5.57 Å². The number of halogens is 1. The molecule has 0 aliphatic heterocycles. The van der Waals surface area contributed by atoms with E-state index in [2.05, 4.69) is 0 Å². The van der Waals surface area contributed by atoms with Crippen molar-refractivity contribution in [2.45, 2.75) is 19.1 Å². The third-order valence-corrected chi connectivity index (χ3v) is 2.11. The zero-order chi connectivity index (χ0) is 9.30. The minimum absolute atomic E-state index is 0.0758. The number of aliphatic hydroxyl groups excluding tert-OH is 2. The van der Waals surface area contributed by atoms with Gasteiger partial charge in [-0.15, -0.1) is 0 Å². The number of carbonyl (C=O) groups excluding carboxylic acids is 1. The van der Waals surface area contributed by atoms with Gasteiger partial charge in [0.05, 0.1) is 5.03 Å². The van der Waals surface area contributed by atoms with Crippen molar-refractivity contribution in [3.63, 3.8) is 0 Å². The van der Waals surface area contributed by atoms with E-state index in [9.17, 15) is 9.90 Å². The Morgan fingerprint density at radius 1 is 1.42 bits per heavy atom. The molecule has 0 amide bonds.